The van der Waals surface area contributed by atoms with Crippen LogP contribution in [0.5, 0.6) is 0 Å². The lowest BCUT2D eigenvalue weighted by atomic mass is 9.91. The minimum absolute atomic E-state index is 0.742. The van der Waals surface area contributed by atoms with Gasteiger partial charge in [-0.15, -0.1) is 11.3 Å². The summed E-state index contributed by atoms with van der Waals surface area (Å²) in [6.07, 6.45) is 1.69. The molecule has 1 nitrogen and oxygen atoms in total. The Morgan fingerprint density at radius 2 is 1.94 bits per heavy atom. The number of halogens is 1. The summed E-state index contributed by atoms with van der Waals surface area (Å²) >= 11 is 4.02. The van der Waals surface area contributed by atoms with E-state index in [0.717, 1.165) is 18.4 Å². The molecule has 3 heteroatoms. The highest BCUT2D eigenvalue weighted by Crippen LogP contribution is 2.27. The number of hydrogen-bond donors (Lipinski definition) is 1. The van der Waals surface area contributed by atoms with Gasteiger partial charge in [0.15, 0.2) is 0 Å². The van der Waals surface area contributed by atoms with Crippen LogP contribution in [0.2, 0.25) is 0 Å². The lowest BCUT2D eigenvalue weighted by Crippen LogP contribution is -2.21. The third-order valence-corrected chi connectivity index (χ3v) is 4.56. The Labute approximate surface area is 120 Å². The summed E-state index contributed by atoms with van der Waals surface area (Å²) in [6, 6.07) is 12.3. The van der Waals surface area contributed by atoms with Gasteiger partial charge in [0, 0.05) is 8.45 Å². The van der Waals surface area contributed by atoms with E-state index < -0.39 is 5.60 Å². The molecule has 0 aliphatic rings. The van der Waals surface area contributed by atoms with Crippen LogP contribution in [0.4, 0.5) is 0 Å². The first kappa shape index (κ1) is 13.1. The fraction of sp³-hybridized carbons (Fsp3) is 0.286. The number of benzene rings is 1. The predicted molar refractivity (Wildman–Crippen MR) is 81.4 cm³/mol. The fourth-order valence-corrected chi connectivity index (χ4v) is 2.84. The van der Waals surface area contributed by atoms with Gasteiger partial charge < -0.3 is 5.11 Å². The molecule has 1 unspecified atom stereocenters. The molecule has 0 fully saturated rings. The van der Waals surface area contributed by atoms with Crippen molar-refractivity contribution in [3.05, 3.63) is 55.8 Å². The Bertz CT molecular complexity index is 459. The third-order valence-electron chi connectivity index (χ3n) is 2.90. The molecule has 0 radical (unpaired) electrons. The van der Waals surface area contributed by atoms with Crippen molar-refractivity contribution >= 4 is 33.9 Å². The minimum atomic E-state index is -0.742. The van der Waals surface area contributed by atoms with Crippen molar-refractivity contribution < 1.29 is 5.11 Å². The van der Waals surface area contributed by atoms with Gasteiger partial charge in [0.2, 0.25) is 0 Å². The Kier molecular flexibility index (Phi) is 4.22. The van der Waals surface area contributed by atoms with Crippen molar-refractivity contribution in [3.63, 3.8) is 0 Å². The van der Waals surface area contributed by atoms with Gasteiger partial charge in [-0.25, -0.2) is 0 Å². The van der Waals surface area contributed by atoms with Crippen LogP contribution >= 0.6 is 33.9 Å². The van der Waals surface area contributed by atoms with Crippen molar-refractivity contribution in [3.8, 4) is 0 Å². The Balaban J connectivity index is 2.05. The first-order valence-electron chi connectivity index (χ1n) is 5.59. The summed E-state index contributed by atoms with van der Waals surface area (Å²) in [5.74, 6) is 0. The van der Waals surface area contributed by atoms with E-state index in [1.54, 1.807) is 11.3 Å². The van der Waals surface area contributed by atoms with Crippen molar-refractivity contribution in [1.29, 1.82) is 0 Å². The summed E-state index contributed by atoms with van der Waals surface area (Å²) in [6.45, 7) is 1.89. The van der Waals surface area contributed by atoms with Crippen LogP contribution in [0.3, 0.4) is 0 Å². The zero-order valence-corrected chi connectivity index (χ0v) is 12.7. The number of rotatable bonds is 4. The molecule has 1 aromatic heterocycles. The van der Waals surface area contributed by atoms with Gasteiger partial charge in [0.1, 0.15) is 0 Å². The summed E-state index contributed by atoms with van der Waals surface area (Å²) in [7, 11) is 0. The maximum Gasteiger partial charge on any atom is 0.0872 e. The zero-order valence-electron chi connectivity index (χ0n) is 9.69. The predicted octanol–water partition coefficient (Wildman–Crippen LogP) is 4.19. The topological polar surface area (TPSA) is 20.2 Å². The fourth-order valence-electron chi connectivity index (χ4n) is 1.77. The van der Waals surface area contributed by atoms with Gasteiger partial charge in [0.25, 0.3) is 0 Å². The van der Waals surface area contributed by atoms with Gasteiger partial charge in [-0.3, -0.25) is 0 Å². The van der Waals surface area contributed by atoms with Gasteiger partial charge >= 0.3 is 0 Å². The Morgan fingerprint density at radius 3 is 2.53 bits per heavy atom. The van der Waals surface area contributed by atoms with Crippen molar-refractivity contribution in [1.82, 2.24) is 0 Å². The molecule has 2 aromatic rings. The molecule has 2 rings (SSSR count). The molecule has 0 bridgehead atoms. The van der Waals surface area contributed by atoms with Gasteiger partial charge in [-0.2, -0.15) is 0 Å². The zero-order chi connectivity index (χ0) is 12.3. The van der Waals surface area contributed by atoms with Crippen molar-refractivity contribution in [2.45, 2.75) is 25.4 Å². The van der Waals surface area contributed by atoms with Crippen LogP contribution in [-0.4, -0.2) is 5.11 Å². The number of aliphatic hydroxyl groups is 1. The molecule has 1 heterocycles. The van der Waals surface area contributed by atoms with E-state index in [2.05, 4.69) is 40.1 Å². The highest BCUT2D eigenvalue weighted by molar-refractivity contribution is 14.1. The summed E-state index contributed by atoms with van der Waals surface area (Å²) in [5, 5.41) is 12.6. The summed E-state index contributed by atoms with van der Waals surface area (Å²) in [4.78, 5) is 1.33. The highest BCUT2D eigenvalue weighted by atomic mass is 127. The SMILES string of the molecule is CC(O)(CCc1cccs1)c1ccc(I)cc1. The first-order valence-corrected chi connectivity index (χ1v) is 7.54. The summed E-state index contributed by atoms with van der Waals surface area (Å²) in [5.41, 5.74) is 0.253. The van der Waals surface area contributed by atoms with E-state index in [1.807, 2.05) is 31.2 Å². The standard InChI is InChI=1S/C14H15IOS/c1-14(16,9-8-13-3-2-10-17-13)11-4-6-12(15)7-5-11/h2-7,10,16H,8-9H2,1H3. The second kappa shape index (κ2) is 5.50. The molecule has 0 amide bonds. The van der Waals surface area contributed by atoms with Crippen LogP contribution in [0.1, 0.15) is 23.8 Å². The van der Waals surface area contributed by atoms with E-state index in [0.29, 0.717) is 0 Å². The number of hydrogen-bond acceptors (Lipinski definition) is 2. The quantitative estimate of drug-likeness (QED) is 0.813. The average Bonchev–Trinajstić information content (AvgIpc) is 2.80. The second-order valence-corrected chi connectivity index (χ2v) is 6.64. The van der Waals surface area contributed by atoms with E-state index in [4.69, 9.17) is 0 Å². The van der Waals surface area contributed by atoms with Gasteiger partial charge in [0.05, 0.1) is 5.60 Å². The monoisotopic (exact) mass is 358 g/mol. The molecule has 1 aromatic carbocycles. The van der Waals surface area contributed by atoms with Crippen LogP contribution in [0, 0.1) is 3.57 Å². The Hall–Kier alpha value is -0.390. The Morgan fingerprint density at radius 1 is 1.24 bits per heavy atom. The molecule has 0 aliphatic carbocycles. The van der Waals surface area contributed by atoms with Gasteiger partial charge in [-0.1, -0.05) is 18.2 Å². The maximum atomic E-state index is 10.5. The van der Waals surface area contributed by atoms with E-state index in [9.17, 15) is 5.11 Å². The lowest BCUT2D eigenvalue weighted by molar-refractivity contribution is 0.0482. The van der Waals surface area contributed by atoms with Crippen LogP contribution in [0.15, 0.2) is 41.8 Å². The van der Waals surface area contributed by atoms with Crippen LogP contribution < -0.4 is 0 Å². The minimum Gasteiger partial charge on any atom is -0.385 e. The largest absolute Gasteiger partial charge is 0.385 e. The molecule has 0 aliphatic heterocycles. The van der Waals surface area contributed by atoms with Crippen molar-refractivity contribution in [2.75, 3.05) is 0 Å². The van der Waals surface area contributed by atoms with Crippen molar-refractivity contribution in [2.24, 2.45) is 0 Å². The normalized spacial score (nSPS) is 14.5. The third kappa shape index (κ3) is 3.53. The van der Waals surface area contributed by atoms with Crippen LogP contribution in [-0.2, 0) is 12.0 Å². The van der Waals surface area contributed by atoms with E-state index in [1.165, 1.54) is 8.45 Å². The molecular formula is C14H15IOS. The lowest BCUT2D eigenvalue weighted by Gasteiger charge is -2.23. The van der Waals surface area contributed by atoms with E-state index in [-0.39, 0.29) is 0 Å². The molecule has 0 saturated carbocycles. The first-order chi connectivity index (χ1) is 8.08. The van der Waals surface area contributed by atoms with E-state index >= 15 is 0 Å². The van der Waals surface area contributed by atoms with Crippen LogP contribution in [0.25, 0.3) is 0 Å². The number of aryl methyl sites for hydroxylation is 1. The molecule has 1 atom stereocenters. The highest BCUT2D eigenvalue weighted by Gasteiger charge is 2.22. The number of thiophene rings is 1. The molecule has 0 saturated heterocycles. The smallest absolute Gasteiger partial charge is 0.0872 e. The maximum absolute atomic E-state index is 10.5. The molecule has 90 valence electrons. The molecule has 17 heavy (non-hydrogen) atoms. The molecular weight excluding hydrogens is 343 g/mol. The molecule has 0 spiro atoms. The molecule has 1 N–H and O–H groups in total. The van der Waals surface area contributed by atoms with Gasteiger partial charge in [-0.05, 0) is 71.5 Å². The summed E-state index contributed by atoms with van der Waals surface area (Å²) < 4.78 is 1.19. The average molecular weight is 358 g/mol. The second-order valence-electron chi connectivity index (χ2n) is 4.36.